The monoisotopic (exact) mass is 443 g/mol. The zero-order valence-corrected chi connectivity index (χ0v) is 18.4. The van der Waals surface area contributed by atoms with Crippen LogP contribution in [0.5, 0.6) is 0 Å². The Balaban J connectivity index is 1.27. The average Bonchev–Trinajstić information content (AvgIpc) is 3.60. The number of hydrogen-bond donors (Lipinski definition) is 2. The smallest absolute Gasteiger partial charge is 0.325 e. The molecule has 0 bridgehead atoms. The van der Waals surface area contributed by atoms with Gasteiger partial charge in [0.25, 0.3) is 5.91 Å². The van der Waals surface area contributed by atoms with Crippen molar-refractivity contribution in [3.05, 3.63) is 24.3 Å². The van der Waals surface area contributed by atoms with Gasteiger partial charge < -0.3 is 25.2 Å². The lowest BCUT2D eigenvalue weighted by atomic mass is 9.96. The summed E-state index contributed by atoms with van der Waals surface area (Å²) < 4.78 is 5.36. The summed E-state index contributed by atoms with van der Waals surface area (Å²) in [4.78, 5) is 54.2. The first-order chi connectivity index (χ1) is 15.3. The van der Waals surface area contributed by atoms with E-state index in [1.807, 2.05) is 24.3 Å². The van der Waals surface area contributed by atoms with Gasteiger partial charge in [-0.15, -0.1) is 0 Å². The SMILES string of the molecule is CN(CC(=O)Nc1ccc(N2CCOCC2)cc1)C(=O)CN1C(=O)NC(C)(C2CC2)C1=O. The first-order valence-corrected chi connectivity index (χ1v) is 10.9. The second-order valence-electron chi connectivity index (χ2n) is 8.74. The van der Waals surface area contributed by atoms with Crippen LogP contribution in [0.2, 0.25) is 0 Å². The molecule has 2 aliphatic heterocycles. The lowest BCUT2D eigenvalue weighted by Crippen LogP contribution is -2.47. The van der Waals surface area contributed by atoms with Crippen LogP contribution < -0.4 is 15.5 Å². The number of benzene rings is 1. The number of imide groups is 1. The fourth-order valence-electron chi connectivity index (χ4n) is 4.13. The Labute approximate surface area is 186 Å². The van der Waals surface area contributed by atoms with E-state index in [0.29, 0.717) is 18.9 Å². The summed E-state index contributed by atoms with van der Waals surface area (Å²) in [6, 6.07) is 6.94. The molecule has 10 nitrogen and oxygen atoms in total. The molecule has 3 aliphatic rings. The average molecular weight is 444 g/mol. The number of nitrogens with zero attached hydrogens (tertiary/aromatic N) is 3. The Bertz CT molecular complexity index is 910. The quantitative estimate of drug-likeness (QED) is 0.599. The highest BCUT2D eigenvalue weighted by Gasteiger charge is 2.56. The number of rotatable bonds is 7. The number of carbonyl (C=O) groups excluding carboxylic acids is 4. The summed E-state index contributed by atoms with van der Waals surface area (Å²) in [6.45, 7) is 4.19. The topological polar surface area (TPSA) is 111 Å². The fourth-order valence-corrected chi connectivity index (χ4v) is 4.13. The van der Waals surface area contributed by atoms with E-state index in [-0.39, 0.29) is 30.8 Å². The van der Waals surface area contributed by atoms with Crippen LogP contribution in [0.25, 0.3) is 0 Å². The fraction of sp³-hybridized carbons (Fsp3) is 0.545. The van der Waals surface area contributed by atoms with Gasteiger partial charge in [-0.2, -0.15) is 0 Å². The third kappa shape index (κ3) is 4.55. The number of ether oxygens (including phenoxy) is 1. The van der Waals surface area contributed by atoms with Crippen molar-refractivity contribution < 1.29 is 23.9 Å². The van der Waals surface area contributed by atoms with Crippen molar-refractivity contribution in [2.45, 2.75) is 25.3 Å². The van der Waals surface area contributed by atoms with Crippen LogP contribution >= 0.6 is 0 Å². The third-order valence-electron chi connectivity index (χ3n) is 6.32. The highest BCUT2D eigenvalue weighted by molar-refractivity contribution is 6.09. The third-order valence-corrected chi connectivity index (χ3v) is 6.32. The maximum atomic E-state index is 12.7. The standard InChI is InChI=1S/C22H29N5O5/c1-22(15-3-4-15)20(30)27(21(31)24-22)14-19(29)25(2)13-18(28)23-16-5-7-17(8-6-16)26-9-11-32-12-10-26/h5-8,15H,3-4,9-14H2,1-2H3,(H,23,28)(H,24,31). The first-order valence-electron chi connectivity index (χ1n) is 10.9. The number of nitrogens with one attached hydrogen (secondary N) is 2. The molecule has 0 radical (unpaired) electrons. The van der Waals surface area contributed by atoms with Gasteiger partial charge in [-0.3, -0.25) is 19.3 Å². The molecule has 1 atom stereocenters. The van der Waals surface area contributed by atoms with Crippen LogP contribution in [-0.4, -0.2) is 85.5 Å². The van der Waals surface area contributed by atoms with E-state index in [1.54, 1.807) is 6.92 Å². The molecular weight excluding hydrogens is 414 g/mol. The normalized spacial score (nSPS) is 23.2. The Kier molecular flexibility index (Phi) is 6.05. The largest absolute Gasteiger partial charge is 0.378 e. The summed E-state index contributed by atoms with van der Waals surface area (Å²) in [5, 5.41) is 5.48. The summed E-state index contributed by atoms with van der Waals surface area (Å²) in [7, 11) is 1.47. The van der Waals surface area contributed by atoms with Crippen molar-refractivity contribution in [1.82, 2.24) is 15.1 Å². The van der Waals surface area contributed by atoms with Gasteiger partial charge in [-0.05, 0) is 49.9 Å². The van der Waals surface area contributed by atoms with Crippen LogP contribution in [0, 0.1) is 5.92 Å². The Hall–Kier alpha value is -3.14. The molecule has 5 amide bonds. The molecule has 1 unspecified atom stereocenters. The van der Waals surface area contributed by atoms with Gasteiger partial charge in [-0.1, -0.05) is 0 Å². The molecular formula is C22H29N5O5. The number of amides is 5. The van der Waals surface area contributed by atoms with E-state index in [2.05, 4.69) is 15.5 Å². The van der Waals surface area contributed by atoms with Crippen molar-refractivity contribution in [3.63, 3.8) is 0 Å². The minimum absolute atomic E-state index is 0.122. The molecule has 3 fully saturated rings. The number of hydrogen-bond acceptors (Lipinski definition) is 6. The van der Waals surface area contributed by atoms with E-state index in [1.165, 1.54) is 11.9 Å². The van der Waals surface area contributed by atoms with Gasteiger partial charge >= 0.3 is 6.03 Å². The Morgan fingerprint density at radius 3 is 2.47 bits per heavy atom. The van der Waals surface area contributed by atoms with Gasteiger partial charge in [0.05, 0.1) is 19.8 Å². The summed E-state index contributed by atoms with van der Waals surface area (Å²) >= 11 is 0. The van der Waals surface area contributed by atoms with Crippen LogP contribution in [0.1, 0.15) is 19.8 Å². The van der Waals surface area contributed by atoms with Crippen LogP contribution in [0.4, 0.5) is 16.2 Å². The second kappa shape index (κ2) is 8.78. The van der Waals surface area contributed by atoms with E-state index in [9.17, 15) is 19.2 Å². The minimum Gasteiger partial charge on any atom is -0.378 e. The molecule has 10 heteroatoms. The molecule has 4 rings (SSSR count). The van der Waals surface area contributed by atoms with E-state index in [0.717, 1.165) is 36.5 Å². The van der Waals surface area contributed by atoms with Crippen molar-refractivity contribution in [2.75, 3.05) is 56.7 Å². The van der Waals surface area contributed by atoms with Gasteiger partial charge in [0.2, 0.25) is 11.8 Å². The predicted molar refractivity (Wildman–Crippen MR) is 117 cm³/mol. The van der Waals surface area contributed by atoms with E-state index < -0.39 is 17.5 Å². The van der Waals surface area contributed by atoms with Crippen molar-refractivity contribution in [1.29, 1.82) is 0 Å². The van der Waals surface area contributed by atoms with Crippen molar-refractivity contribution in [3.8, 4) is 0 Å². The second-order valence-corrected chi connectivity index (χ2v) is 8.74. The summed E-state index contributed by atoms with van der Waals surface area (Å²) in [5.41, 5.74) is 0.758. The van der Waals surface area contributed by atoms with Crippen LogP contribution in [0.15, 0.2) is 24.3 Å². The van der Waals surface area contributed by atoms with E-state index in [4.69, 9.17) is 4.74 Å². The molecule has 1 saturated carbocycles. The number of morpholine rings is 1. The van der Waals surface area contributed by atoms with Crippen LogP contribution in [-0.2, 0) is 19.1 Å². The molecule has 2 heterocycles. The zero-order chi connectivity index (χ0) is 22.9. The molecule has 1 aromatic carbocycles. The maximum absolute atomic E-state index is 12.7. The predicted octanol–water partition coefficient (Wildman–Crippen LogP) is 0.641. The Morgan fingerprint density at radius 2 is 1.84 bits per heavy atom. The molecule has 2 saturated heterocycles. The molecule has 0 spiro atoms. The van der Waals surface area contributed by atoms with Gasteiger partial charge in [0, 0.05) is 31.5 Å². The molecule has 0 aromatic heterocycles. The molecule has 32 heavy (non-hydrogen) atoms. The van der Waals surface area contributed by atoms with Gasteiger partial charge in [0.15, 0.2) is 0 Å². The lowest BCUT2D eigenvalue weighted by Gasteiger charge is -2.29. The summed E-state index contributed by atoms with van der Waals surface area (Å²) in [6.07, 6.45) is 1.77. The zero-order valence-electron chi connectivity index (χ0n) is 18.4. The number of carbonyl (C=O) groups is 4. The molecule has 172 valence electrons. The summed E-state index contributed by atoms with van der Waals surface area (Å²) in [5.74, 6) is -1.10. The van der Waals surface area contributed by atoms with Crippen LogP contribution in [0.3, 0.4) is 0 Å². The Morgan fingerprint density at radius 1 is 1.19 bits per heavy atom. The van der Waals surface area contributed by atoms with Gasteiger partial charge in [-0.25, -0.2) is 4.79 Å². The number of anilines is 2. The highest BCUT2D eigenvalue weighted by Crippen LogP contribution is 2.42. The van der Waals surface area contributed by atoms with Crippen molar-refractivity contribution >= 4 is 35.1 Å². The highest BCUT2D eigenvalue weighted by atomic mass is 16.5. The number of urea groups is 1. The van der Waals surface area contributed by atoms with Gasteiger partial charge in [0.1, 0.15) is 12.1 Å². The molecule has 1 aliphatic carbocycles. The minimum atomic E-state index is -0.930. The molecule has 2 N–H and O–H groups in total. The molecule has 1 aromatic rings. The number of likely N-dealkylation sites (N-methyl/N-ethyl adjacent to an activating group) is 1. The van der Waals surface area contributed by atoms with Crippen molar-refractivity contribution in [2.24, 2.45) is 5.92 Å². The van der Waals surface area contributed by atoms with E-state index >= 15 is 0 Å². The lowest BCUT2D eigenvalue weighted by molar-refractivity contribution is -0.139. The maximum Gasteiger partial charge on any atom is 0.325 e. The first kappa shape index (κ1) is 22.1.